The van der Waals surface area contributed by atoms with Gasteiger partial charge in [-0.3, -0.25) is 4.99 Å². The van der Waals surface area contributed by atoms with Crippen LogP contribution in [0, 0.1) is 5.41 Å². The van der Waals surface area contributed by atoms with Crippen molar-refractivity contribution in [1.82, 2.24) is 0 Å². The third-order valence-corrected chi connectivity index (χ3v) is 7.90. The lowest BCUT2D eigenvalue weighted by atomic mass is 9.84. The fraction of sp³-hybridized carbons (Fsp3) is 0.875. The molecular formula is C8H19NSi2. The summed E-state index contributed by atoms with van der Waals surface area (Å²) in [4.78, 5) is 4.77. The molecule has 1 atom stereocenters. The van der Waals surface area contributed by atoms with Gasteiger partial charge in [0.05, 0.1) is 15.8 Å². The average Bonchev–Trinajstić information content (AvgIpc) is 1.94. The Morgan fingerprint density at radius 1 is 1.27 bits per heavy atom. The second-order valence-electron chi connectivity index (χ2n) is 4.79. The molecule has 0 aliphatic carbocycles. The zero-order chi connectivity index (χ0) is 8.86. The lowest BCUT2D eigenvalue weighted by molar-refractivity contribution is 0.394. The van der Waals surface area contributed by atoms with Crippen LogP contribution in [0.4, 0.5) is 0 Å². The van der Waals surface area contributed by atoms with Crippen LogP contribution >= 0.6 is 0 Å². The molecule has 0 amide bonds. The lowest BCUT2D eigenvalue weighted by Gasteiger charge is -2.31. The molecular weight excluding hydrogens is 166 g/mol. The Hall–Kier alpha value is 0.104. The summed E-state index contributed by atoms with van der Waals surface area (Å²) in [6.45, 7) is 9.26. The summed E-state index contributed by atoms with van der Waals surface area (Å²) < 4.78 is 0. The molecule has 0 fully saturated rings. The van der Waals surface area contributed by atoms with Crippen LogP contribution in [0.1, 0.15) is 27.7 Å². The number of hydrogen-bond acceptors (Lipinski definition) is 1. The predicted molar refractivity (Wildman–Crippen MR) is 58.9 cm³/mol. The van der Waals surface area contributed by atoms with E-state index in [1.54, 1.807) is 0 Å². The molecule has 64 valence electrons. The first-order chi connectivity index (χ1) is 4.78. The molecule has 3 heteroatoms. The zero-order valence-electron chi connectivity index (χ0n) is 8.52. The summed E-state index contributed by atoms with van der Waals surface area (Å²) in [5.41, 5.74) is 1.48. The van der Waals surface area contributed by atoms with Crippen LogP contribution in [-0.2, 0) is 0 Å². The minimum absolute atomic E-state index is 0.243. The van der Waals surface area contributed by atoms with E-state index in [4.69, 9.17) is 4.99 Å². The molecule has 0 aromatic carbocycles. The van der Waals surface area contributed by atoms with Gasteiger partial charge in [0.2, 0.25) is 0 Å². The maximum absolute atomic E-state index is 4.77. The molecule has 1 heterocycles. The molecule has 0 N–H and O–H groups in total. The second kappa shape index (κ2) is 2.29. The van der Waals surface area contributed by atoms with Crippen molar-refractivity contribution in [2.75, 3.05) is 0 Å². The van der Waals surface area contributed by atoms with Crippen molar-refractivity contribution < 1.29 is 0 Å². The molecule has 0 bridgehead atoms. The fourth-order valence-electron chi connectivity index (χ4n) is 1.87. The van der Waals surface area contributed by atoms with Gasteiger partial charge in [0.1, 0.15) is 0 Å². The number of hydrogen-bond donors (Lipinski definition) is 0. The van der Waals surface area contributed by atoms with E-state index in [0.29, 0.717) is 5.41 Å². The van der Waals surface area contributed by atoms with E-state index >= 15 is 0 Å². The van der Waals surface area contributed by atoms with Crippen molar-refractivity contribution in [3.05, 3.63) is 0 Å². The van der Waals surface area contributed by atoms with Crippen LogP contribution in [0.2, 0.25) is 5.54 Å². The van der Waals surface area contributed by atoms with Gasteiger partial charge in [-0.1, -0.05) is 13.8 Å². The van der Waals surface area contributed by atoms with Crippen molar-refractivity contribution in [3.63, 3.8) is 0 Å². The number of nitrogens with zero attached hydrogens (tertiary/aromatic N) is 1. The van der Waals surface area contributed by atoms with E-state index in [0.717, 1.165) is 15.8 Å². The standard InChI is InChI=1S/C8H19NSi2/c1-7(2)5(10)8(3,4)9-6(7)11/h5H,1-4,10-11H3. The highest BCUT2D eigenvalue weighted by Crippen LogP contribution is 2.46. The van der Waals surface area contributed by atoms with Crippen molar-refractivity contribution in [1.29, 1.82) is 0 Å². The van der Waals surface area contributed by atoms with Crippen LogP contribution in [0.5, 0.6) is 0 Å². The highest BCUT2D eigenvalue weighted by Gasteiger charge is 2.44. The first-order valence-corrected chi connectivity index (χ1v) is 6.51. The van der Waals surface area contributed by atoms with Gasteiger partial charge in [0.15, 0.2) is 0 Å². The maximum Gasteiger partial charge on any atom is 0.0571 e. The highest BCUT2D eigenvalue weighted by molar-refractivity contribution is 6.62. The fourth-order valence-corrected chi connectivity index (χ4v) is 4.00. The molecule has 1 aliphatic heterocycles. The summed E-state index contributed by atoms with van der Waals surface area (Å²) in [6, 6.07) is 0. The van der Waals surface area contributed by atoms with E-state index in [2.05, 4.69) is 27.7 Å². The monoisotopic (exact) mass is 185 g/mol. The van der Waals surface area contributed by atoms with E-state index in [1.807, 2.05) is 0 Å². The van der Waals surface area contributed by atoms with Crippen LogP contribution in [-0.4, -0.2) is 31.4 Å². The molecule has 0 radical (unpaired) electrons. The van der Waals surface area contributed by atoms with Crippen LogP contribution in [0.15, 0.2) is 4.99 Å². The molecule has 1 rings (SSSR count). The molecule has 1 nitrogen and oxygen atoms in total. The quantitative estimate of drug-likeness (QED) is 0.461. The van der Waals surface area contributed by atoms with Crippen LogP contribution in [0.25, 0.3) is 0 Å². The van der Waals surface area contributed by atoms with Gasteiger partial charge in [0.25, 0.3) is 0 Å². The van der Waals surface area contributed by atoms with Gasteiger partial charge in [0, 0.05) is 10.2 Å². The summed E-state index contributed by atoms with van der Waals surface area (Å²) >= 11 is 0. The minimum Gasteiger partial charge on any atom is -0.293 e. The Labute approximate surface area is 75.5 Å². The summed E-state index contributed by atoms with van der Waals surface area (Å²) in [5, 5.41) is 1.47. The minimum atomic E-state index is 0.243. The summed E-state index contributed by atoms with van der Waals surface area (Å²) in [6.07, 6.45) is 0. The average molecular weight is 185 g/mol. The summed E-state index contributed by atoms with van der Waals surface area (Å²) in [7, 11) is 2.41. The molecule has 0 saturated heterocycles. The number of aliphatic imine (C=N–C) groups is 1. The van der Waals surface area contributed by atoms with E-state index in [1.165, 1.54) is 15.6 Å². The Morgan fingerprint density at radius 2 is 1.73 bits per heavy atom. The van der Waals surface area contributed by atoms with E-state index < -0.39 is 0 Å². The summed E-state index contributed by atoms with van der Waals surface area (Å²) in [5.74, 6) is 0. The van der Waals surface area contributed by atoms with Gasteiger partial charge in [-0.2, -0.15) is 0 Å². The Kier molecular flexibility index (Phi) is 1.92. The smallest absolute Gasteiger partial charge is 0.0571 e. The molecule has 11 heavy (non-hydrogen) atoms. The normalized spacial score (nSPS) is 34.2. The second-order valence-corrected chi connectivity index (χ2v) is 6.90. The molecule has 1 unspecified atom stereocenters. The third-order valence-electron chi connectivity index (χ3n) is 3.53. The predicted octanol–water partition coefficient (Wildman–Crippen LogP) is -0.277. The molecule has 0 aromatic rings. The van der Waals surface area contributed by atoms with Crippen molar-refractivity contribution in [3.8, 4) is 0 Å². The van der Waals surface area contributed by atoms with Gasteiger partial charge >= 0.3 is 0 Å². The van der Waals surface area contributed by atoms with Gasteiger partial charge in [-0.05, 0) is 30.1 Å². The highest BCUT2D eigenvalue weighted by atomic mass is 28.1. The first-order valence-electron chi connectivity index (χ1n) is 4.35. The lowest BCUT2D eigenvalue weighted by Crippen LogP contribution is -2.31. The first kappa shape index (κ1) is 9.19. The van der Waals surface area contributed by atoms with Gasteiger partial charge < -0.3 is 0 Å². The Morgan fingerprint density at radius 3 is 1.82 bits per heavy atom. The van der Waals surface area contributed by atoms with Crippen LogP contribution < -0.4 is 0 Å². The molecule has 0 saturated carbocycles. The van der Waals surface area contributed by atoms with E-state index in [-0.39, 0.29) is 5.54 Å². The topological polar surface area (TPSA) is 12.4 Å². The number of rotatable bonds is 0. The SMILES string of the molecule is CC1(C)N=C([SiH3])C(C)(C)C1[SiH3]. The van der Waals surface area contributed by atoms with Crippen molar-refractivity contribution in [2.45, 2.75) is 38.8 Å². The Bertz CT molecular complexity index is 206. The molecule has 0 spiro atoms. The molecule has 1 aliphatic rings. The maximum atomic E-state index is 4.77. The van der Waals surface area contributed by atoms with E-state index in [9.17, 15) is 0 Å². The van der Waals surface area contributed by atoms with Crippen molar-refractivity contribution in [2.24, 2.45) is 10.4 Å². The zero-order valence-corrected chi connectivity index (χ0v) is 12.5. The third kappa shape index (κ3) is 1.24. The van der Waals surface area contributed by atoms with Gasteiger partial charge in [-0.15, -0.1) is 0 Å². The van der Waals surface area contributed by atoms with Gasteiger partial charge in [-0.25, -0.2) is 0 Å². The molecule has 0 aromatic heterocycles. The largest absolute Gasteiger partial charge is 0.293 e. The Balaban J connectivity index is 3.04. The van der Waals surface area contributed by atoms with Crippen LogP contribution in [0.3, 0.4) is 0 Å². The van der Waals surface area contributed by atoms with Crippen molar-refractivity contribution >= 4 is 25.8 Å².